The van der Waals surface area contributed by atoms with Crippen LogP contribution in [0.3, 0.4) is 0 Å². The van der Waals surface area contributed by atoms with Gasteiger partial charge in [-0.25, -0.2) is 0 Å². The Kier molecular flexibility index (Phi) is 15.2. The molecule has 6 N–H and O–H groups in total. The average molecular weight is 362 g/mol. The first kappa shape index (κ1) is 25.3. The van der Waals surface area contributed by atoms with E-state index in [1.54, 1.807) is 12.1 Å². The number of benzene rings is 1. The quantitative estimate of drug-likeness (QED) is 0.412. The van der Waals surface area contributed by atoms with Crippen molar-refractivity contribution in [2.24, 2.45) is 0 Å². The van der Waals surface area contributed by atoms with Gasteiger partial charge in [0.15, 0.2) is 0 Å². The molecule has 0 aliphatic rings. The molecular formula is C18H35NO4S. The molecule has 0 atom stereocenters. The van der Waals surface area contributed by atoms with Crippen LogP contribution in [0.1, 0.15) is 76.7 Å². The molecular weight excluding hydrogens is 326 g/mol. The van der Waals surface area contributed by atoms with E-state index in [2.05, 4.69) is 6.92 Å². The van der Waals surface area contributed by atoms with Crippen molar-refractivity contribution in [2.45, 2.75) is 82.4 Å². The van der Waals surface area contributed by atoms with Crippen LogP contribution in [0.2, 0.25) is 0 Å². The van der Waals surface area contributed by atoms with Crippen LogP contribution in [-0.2, 0) is 16.5 Å². The van der Waals surface area contributed by atoms with Gasteiger partial charge in [-0.2, -0.15) is 8.42 Å². The largest absolute Gasteiger partial charge is 0.412 e. The molecule has 0 saturated carbocycles. The summed E-state index contributed by atoms with van der Waals surface area (Å²) in [6, 6.07) is 6.73. The van der Waals surface area contributed by atoms with E-state index in [1.807, 2.05) is 6.07 Å². The fraction of sp³-hybridized carbons (Fsp3) is 0.667. The summed E-state index contributed by atoms with van der Waals surface area (Å²) in [6.45, 7) is 2.24. The highest BCUT2D eigenvalue weighted by atomic mass is 32.2. The third-order valence-electron chi connectivity index (χ3n) is 4.05. The Morgan fingerprint density at radius 3 is 1.79 bits per heavy atom. The minimum absolute atomic E-state index is 0. The second-order valence-corrected chi connectivity index (χ2v) is 7.40. The van der Waals surface area contributed by atoms with Crippen molar-refractivity contribution < 1.29 is 18.4 Å². The van der Waals surface area contributed by atoms with Gasteiger partial charge in [-0.3, -0.25) is 4.55 Å². The van der Waals surface area contributed by atoms with E-state index >= 15 is 0 Å². The summed E-state index contributed by atoms with van der Waals surface area (Å²) in [7, 11) is -4.10. The molecule has 0 fully saturated rings. The number of unbranched alkanes of at least 4 members (excludes halogenated alkanes) is 9. The smallest absolute Gasteiger partial charge is 0.294 e. The fourth-order valence-corrected chi connectivity index (χ4v) is 3.52. The normalized spacial score (nSPS) is 10.8. The van der Waals surface area contributed by atoms with Gasteiger partial charge in [0.1, 0.15) is 0 Å². The molecule has 0 radical (unpaired) electrons. The zero-order valence-corrected chi connectivity index (χ0v) is 15.8. The Labute approximate surface area is 147 Å². The van der Waals surface area contributed by atoms with Crippen LogP contribution in [0.25, 0.3) is 0 Å². The van der Waals surface area contributed by atoms with Crippen molar-refractivity contribution in [2.75, 3.05) is 0 Å². The molecule has 0 aromatic heterocycles. The lowest BCUT2D eigenvalue weighted by atomic mass is 10.0. The summed E-state index contributed by atoms with van der Waals surface area (Å²) in [5, 5.41) is 0. The first-order valence-corrected chi connectivity index (χ1v) is 10.0. The van der Waals surface area contributed by atoms with Gasteiger partial charge < -0.3 is 11.6 Å². The molecule has 0 aliphatic carbocycles. The SMILES string of the molecule is CCCCCCCCCCCCc1ccccc1S(=O)(=O)O.N.O. The Morgan fingerprint density at radius 2 is 1.29 bits per heavy atom. The second kappa shape index (κ2) is 14.4. The molecule has 0 heterocycles. The molecule has 0 amide bonds. The zero-order chi connectivity index (χ0) is 16.3. The first-order valence-electron chi connectivity index (χ1n) is 8.61. The van der Waals surface area contributed by atoms with E-state index in [-0.39, 0.29) is 16.5 Å². The van der Waals surface area contributed by atoms with E-state index in [9.17, 15) is 13.0 Å². The first-order chi connectivity index (χ1) is 10.6. The molecule has 5 nitrogen and oxygen atoms in total. The lowest BCUT2D eigenvalue weighted by Gasteiger charge is -2.07. The van der Waals surface area contributed by atoms with Gasteiger partial charge in [-0.05, 0) is 24.5 Å². The van der Waals surface area contributed by atoms with Gasteiger partial charge in [0.25, 0.3) is 10.1 Å². The Morgan fingerprint density at radius 1 is 0.833 bits per heavy atom. The van der Waals surface area contributed by atoms with Crippen LogP contribution in [0, 0.1) is 0 Å². The standard InChI is InChI=1S/C18H30O3S.H3N.H2O/c1-2-3-4-5-6-7-8-9-10-11-14-17-15-12-13-16-18(17)22(19,20)21;;/h12-13,15-16H,2-11,14H2,1H3,(H,19,20,21);1H3;1H2. The van der Waals surface area contributed by atoms with Crippen LogP contribution < -0.4 is 6.15 Å². The molecule has 0 spiro atoms. The topological polar surface area (TPSA) is 121 Å². The third-order valence-corrected chi connectivity index (χ3v) is 5.00. The maximum atomic E-state index is 11.3. The highest BCUT2D eigenvalue weighted by molar-refractivity contribution is 7.85. The Bertz CT molecular complexity index is 518. The summed E-state index contributed by atoms with van der Waals surface area (Å²) in [6.07, 6.45) is 13.3. The van der Waals surface area contributed by atoms with Crippen molar-refractivity contribution in [1.82, 2.24) is 6.15 Å². The van der Waals surface area contributed by atoms with Crippen molar-refractivity contribution >= 4 is 10.1 Å². The molecule has 6 heteroatoms. The van der Waals surface area contributed by atoms with E-state index in [4.69, 9.17) is 0 Å². The summed E-state index contributed by atoms with van der Waals surface area (Å²) in [4.78, 5) is 0.0610. The predicted octanol–water partition coefficient (Wildman–Crippen LogP) is 4.73. The number of hydrogen-bond donors (Lipinski definition) is 2. The van der Waals surface area contributed by atoms with E-state index in [1.165, 1.54) is 57.4 Å². The molecule has 142 valence electrons. The monoisotopic (exact) mass is 361 g/mol. The van der Waals surface area contributed by atoms with Crippen molar-refractivity contribution in [1.29, 1.82) is 0 Å². The van der Waals surface area contributed by atoms with Gasteiger partial charge in [0.2, 0.25) is 0 Å². The van der Waals surface area contributed by atoms with Crippen LogP contribution in [0.4, 0.5) is 0 Å². The maximum absolute atomic E-state index is 11.3. The second-order valence-electron chi connectivity index (χ2n) is 6.01. The summed E-state index contributed by atoms with van der Waals surface area (Å²) >= 11 is 0. The highest BCUT2D eigenvalue weighted by Crippen LogP contribution is 2.18. The van der Waals surface area contributed by atoms with Gasteiger partial charge in [-0.15, -0.1) is 0 Å². The molecule has 1 aromatic rings. The predicted molar refractivity (Wildman–Crippen MR) is 100 cm³/mol. The summed E-state index contributed by atoms with van der Waals surface area (Å²) in [5.41, 5.74) is 0.726. The van der Waals surface area contributed by atoms with Gasteiger partial charge >= 0.3 is 0 Å². The van der Waals surface area contributed by atoms with Crippen molar-refractivity contribution in [3.8, 4) is 0 Å². The molecule has 0 bridgehead atoms. The van der Waals surface area contributed by atoms with E-state index in [0.717, 1.165) is 18.4 Å². The highest BCUT2D eigenvalue weighted by Gasteiger charge is 2.13. The molecule has 0 unspecified atom stereocenters. The molecule has 0 aliphatic heterocycles. The van der Waals surface area contributed by atoms with E-state index < -0.39 is 10.1 Å². The van der Waals surface area contributed by atoms with Crippen LogP contribution in [0.5, 0.6) is 0 Å². The van der Waals surface area contributed by atoms with Gasteiger partial charge in [0, 0.05) is 0 Å². The summed E-state index contributed by atoms with van der Waals surface area (Å²) < 4.78 is 31.8. The average Bonchev–Trinajstić information content (AvgIpc) is 2.48. The number of rotatable bonds is 12. The minimum atomic E-state index is -4.10. The fourth-order valence-electron chi connectivity index (χ4n) is 2.76. The van der Waals surface area contributed by atoms with Crippen molar-refractivity contribution in [3.05, 3.63) is 29.8 Å². The Balaban J connectivity index is 0. The number of hydrogen-bond acceptors (Lipinski definition) is 3. The van der Waals surface area contributed by atoms with Crippen LogP contribution in [0.15, 0.2) is 29.2 Å². The van der Waals surface area contributed by atoms with Gasteiger partial charge in [0.05, 0.1) is 4.90 Å². The molecule has 1 rings (SSSR count). The van der Waals surface area contributed by atoms with E-state index in [0.29, 0.717) is 6.42 Å². The molecule has 1 aromatic carbocycles. The molecule has 24 heavy (non-hydrogen) atoms. The van der Waals surface area contributed by atoms with Crippen LogP contribution >= 0.6 is 0 Å². The zero-order valence-electron chi connectivity index (χ0n) is 15.0. The van der Waals surface area contributed by atoms with Crippen LogP contribution in [-0.4, -0.2) is 18.4 Å². The lowest BCUT2D eigenvalue weighted by Crippen LogP contribution is -2.03. The van der Waals surface area contributed by atoms with Gasteiger partial charge in [-0.1, -0.05) is 82.9 Å². The molecule has 0 saturated heterocycles. The Hall–Kier alpha value is -0.950. The summed E-state index contributed by atoms with van der Waals surface area (Å²) in [5.74, 6) is 0. The third kappa shape index (κ3) is 10.8. The number of aryl methyl sites for hydroxylation is 1. The lowest BCUT2D eigenvalue weighted by molar-refractivity contribution is 0.481. The maximum Gasteiger partial charge on any atom is 0.294 e. The van der Waals surface area contributed by atoms with Crippen molar-refractivity contribution in [3.63, 3.8) is 0 Å². The minimum Gasteiger partial charge on any atom is -0.412 e.